The van der Waals surface area contributed by atoms with Crippen molar-refractivity contribution in [2.24, 2.45) is 0 Å². The Labute approximate surface area is 121 Å². The van der Waals surface area contributed by atoms with E-state index in [9.17, 15) is 14.4 Å². The second-order valence-electron chi connectivity index (χ2n) is 5.34. The molecular formula is C12H18N4O5. The van der Waals surface area contributed by atoms with Gasteiger partial charge in [0.1, 0.15) is 11.6 Å². The monoisotopic (exact) mass is 298 g/mol. The van der Waals surface area contributed by atoms with Crippen molar-refractivity contribution in [3.8, 4) is 0 Å². The second kappa shape index (κ2) is 6.82. The first-order valence-electron chi connectivity index (χ1n) is 6.30. The number of nitrogens with zero attached hydrogens (tertiary/aromatic N) is 2. The largest absolute Gasteiger partial charge is 0.480 e. The molecule has 0 unspecified atom stereocenters. The molecule has 9 heteroatoms. The fourth-order valence-corrected chi connectivity index (χ4v) is 1.46. The molecule has 0 aliphatic rings. The fraction of sp³-hybridized carbons (Fsp3) is 0.583. The molecule has 0 fully saturated rings. The molecule has 3 N–H and O–H groups in total. The van der Waals surface area contributed by atoms with Crippen LogP contribution in [-0.2, 0) is 14.3 Å². The summed E-state index contributed by atoms with van der Waals surface area (Å²) in [5, 5.41) is 20.6. The van der Waals surface area contributed by atoms with Crippen LogP contribution in [0.5, 0.6) is 0 Å². The van der Waals surface area contributed by atoms with E-state index in [0.717, 1.165) is 0 Å². The summed E-state index contributed by atoms with van der Waals surface area (Å²) in [7, 11) is 0. The maximum Gasteiger partial charge on any atom is 0.326 e. The molecule has 1 amide bonds. The van der Waals surface area contributed by atoms with Crippen LogP contribution in [-0.4, -0.2) is 50.0 Å². The smallest absolute Gasteiger partial charge is 0.326 e. The molecule has 0 saturated carbocycles. The molecule has 0 radical (unpaired) electrons. The van der Waals surface area contributed by atoms with Gasteiger partial charge >= 0.3 is 11.9 Å². The Morgan fingerprint density at radius 2 is 2.10 bits per heavy atom. The molecular weight excluding hydrogens is 280 g/mol. The number of aromatic amines is 1. The van der Waals surface area contributed by atoms with E-state index < -0.39 is 29.5 Å². The van der Waals surface area contributed by atoms with E-state index in [1.807, 2.05) is 0 Å². The number of amides is 1. The number of rotatable bonds is 6. The third-order valence-electron chi connectivity index (χ3n) is 2.31. The zero-order valence-electron chi connectivity index (χ0n) is 12.0. The standard InChI is InChI=1S/C12H18N4O5/c1-12(2,3)21-9(17)5-4-7(11(19)20)14-10(18)8-6-13-16-15-8/h6-7H,4-5H2,1-3H3,(H,14,18)(H,19,20)(H,13,15,16)/t7-/m1/s1. The summed E-state index contributed by atoms with van der Waals surface area (Å²) >= 11 is 0. The zero-order valence-corrected chi connectivity index (χ0v) is 12.0. The van der Waals surface area contributed by atoms with Gasteiger partial charge < -0.3 is 15.2 Å². The van der Waals surface area contributed by atoms with Crippen molar-refractivity contribution >= 4 is 17.8 Å². The van der Waals surface area contributed by atoms with Crippen LogP contribution in [0.15, 0.2) is 6.20 Å². The molecule has 0 aliphatic heterocycles. The summed E-state index contributed by atoms with van der Waals surface area (Å²) in [6.45, 7) is 5.14. The van der Waals surface area contributed by atoms with Crippen molar-refractivity contribution in [3.05, 3.63) is 11.9 Å². The highest BCUT2D eigenvalue weighted by Crippen LogP contribution is 2.10. The van der Waals surface area contributed by atoms with Gasteiger partial charge in [0.05, 0.1) is 6.20 Å². The van der Waals surface area contributed by atoms with Crippen LogP contribution >= 0.6 is 0 Å². The van der Waals surface area contributed by atoms with Gasteiger partial charge in [-0.2, -0.15) is 15.4 Å². The Morgan fingerprint density at radius 1 is 1.43 bits per heavy atom. The molecule has 0 aromatic carbocycles. The summed E-state index contributed by atoms with van der Waals surface area (Å²) in [6, 6.07) is -1.21. The zero-order chi connectivity index (χ0) is 16.0. The van der Waals surface area contributed by atoms with Crippen LogP contribution in [0.1, 0.15) is 44.1 Å². The lowest BCUT2D eigenvalue weighted by molar-refractivity contribution is -0.155. The first-order valence-corrected chi connectivity index (χ1v) is 6.30. The molecule has 1 atom stereocenters. The van der Waals surface area contributed by atoms with E-state index in [0.29, 0.717) is 0 Å². The van der Waals surface area contributed by atoms with Gasteiger partial charge in [-0.25, -0.2) is 4.79 Å². The normalized spacial score (nSPS) is 12.5. The van der Waals surface area contributed by atoms with Crippen molar-refractivity contribution in [2.45, 2.75) is 45.3 Å². The van der Waals surface area contributed by atoms with Crippen molar-refractivity contribution in [1.29, 1.82) is 0 Å². The van der Waals surface area contributed by atoms with Crippen molar-refractivity contribution in [1.82, 2.24) is 20.7 Å². The summed E-state index contributed by atoms with van der Waals surface area (Å²) in [4.78, 5) is 34.3. The van der Waals surface area contributed by atoms with Gasteiger partial charge in [-0.05, 0) is 27.2 Å². The number of hydrogen-bond acceptors (Lipinski definition) is 6. The first-order chi connectivity index (χ1) is 9.69. The topological polar surface area (TPSA) is 134 Å². The molecule has 0 spiro atoms. The van der Waals surface area contributed by atoms with Gasteiger partial charge in [-0.1, -0.05) is 0 Å². The third-order valence-corrected chi connectivity index (χ3v) is 2.31. The van der Waals surface area contributed by atoms with Crippen LogP contribution in [0.3, 0.4) is 0 Å². The maximum absolute atomic E-state index is 11.7. The number of esters is 1. The number of H-pyrrole nitrogens is 1. The number of aliphatic carboxylic acids is 1. The lowest BCUT2D eigenvalue weighted by Crippen LogP contribution is -2.41. The Bertz CT molecular complexity index is 506. The van der Waals surface area contributed by atoms with E-state index in [1.54, 1.807) is 20.8 Å². The minimum atomic E-state index is -1.24. The Morgan fingerprint density at radius 3 is 2.57 bits per heavy atom. The molecule has 0 bridgehead atoms. The van der Waals surface area contributed by atoms with Gasteiger partial charge in [0, 0.05) is 6.42 Å². The minimum absolute atomic E-state index is 0.0291. The molecule has 1 aromatic heterocycles. The Kier molecular flexibility index (Phi) is 5.39. The number of carbonyl (C=O) groups excluding carboxylic acids is 2. The second-order valence-corrected chi connectivity index (χ2v) is 5.34. The summed E-state index contributed by atoms with van der Waals surface area (Å²) in [5.41, 5.74) is -0.668. The van der Waals surface area contributed by atoms with Gasteiger partial charge in [-0.3, -0.25) is 9.59 Å². The number of nitrogens with one attached hydrogen (secondary N) is 2. The molecule has 1 aromatic rings. The predicted molar refractivity (Wildman–Crippen MR) is 70.4 cm³/mol. The van der Waals surface area contributed by atoms with E-state index in [4.69, 9.17) is 9.84 Å². The number of aromatic nitrogens is 3. The highest BCUT2D eigenvalue weighted by Gasteiger charge is 2.24. The maximum atomic E-state index is 11.7. The van der Waals surface area contributed by atoms with E-state index >= 15 is 0 Å². The Balaban J connectivity index is 2.53. The van der Waals surface area contributed by atoms with E-state index in [2.05, 4.69) is 20.7 Å². The van der Waals surface area contributed by atoms with Gasteiger partial charge in [0.2, 0.25) is 0 Å². The average molecular weight is 298 g/mol. The molecule has 0 aliphatic carbocycles. The highest BCUT2D eigenvalue weighted by atomic mass is 16.6. The molecule has 1 heterocycles. The highest BCUT2D eigenvalue weighted by molar-refractivity contribution is 5.94. The predicted octanol–water partition coefficient (Wildman–Crippen LogP) is 0.110. The molecule has 0 saturated heterocycles. The van der Waals surface area contributed by atoms with Crippen molar-refractivity contribution in [2.75, 3.05) is 0 Å². The van der Waals surface area contributed by atoms with Crippen LogP contribution < -0.4 is 5.32 Å². The lowest BCUT2D eigenvalue weighted by Gasteiger charge is -2.20. The summed E-state index contributed by atoms with van der Waals surface area (Å²) in [6.07, 6.45) is 0.975. The van der Waals surface area contributed by atoms with Gasteiger partial charge in [-0.15, -0.1) is 0 Å². The number of carboxylic acid groups (broad SMARTS) is 1. The summed E-state index contributed by atoms with van der Waals surface area (Å²) < 4.78 is 5.07. The van der Waals surface area contributed by atoms with E-state index in [1.165, 1.54) is 6.20 Å². The van der Waals surface area contributed by atoms with E-state index in [-0.39, 0.29) is 18.5 Å². The fourth-order valence-electron chi connectivity index (χ4n) is 1.46. The molecule has 9 nitrogen and oxygen atoms in total. The van der Waals surface area contributed by atoms with Crippen LogP contribution in [0.4, 0.5) is 0 Å². The number of carbonyl (C=O) groups is 3. The quantitative estimate of drug-likeness (QED) is 0.634. The van der Waals surface area contributed by atoms with Crippen LogP contribution in [0.25, 0.3) is 0 Å². The van der Waals surface area contributed by atoms with Gasteiger partial charge in [0.25, 0.3) is 5.91 Å². The Hall–Kier alpha value is -2.45. The van der Waals surface area contributed by atoms with Crippen molar-refractivity contribution in [3.63, 3.8) is 0 Å². The minimum Gasteiger partial charge on any atom is -0.480 e. The number of hydrogen-bond donors (Lipinski definition) is 3. The first kappa shape index (κ1) is 16.6. The van der Waals surface area contributed by atoms with Gasteiger partial charge in [0.15, 0.2) is 5.69 Å². The van der Waals surface area contributed by atoms with Crippen LogP contribution in [0.2, 0.25) is 0 Å². The SMILES string of the molecule is CC(C)(C)OC(=O)CC[C@@H](NC(=O)c1cn[nH]n1)C(=O)O. The summed E-state index contributed by atoms with van der Waals surface area (Å²) in [5.74, 6) is -2.44. The number of ether oxygens (including phenoxy) is 1. The molecule has 1 rings (SSSR count). The number of carboxylic acids is 1. The lowest BCUT2D eigenvalue weighted by atomic mass is 10.1. The third kappa shape index (κ3) is 6.02. The van der Waals surface area contributed by atoms with Crippen LogP contribution in [0, 0.1) is 0 Å². The van der Waals surface area contributed by atoms with Crippen molar-refractivity contribution < 1.29 is 24.2 Å². The molecule has 116 valence electrons. The average Bonchev–Trinajstić information content (AvgIpc) is 2.85. The molecule has 21 heavy (non-hydrogen) atoms.